The van der Waals surface area contributed by atoms with Crippen LogP contribution in [0.1, 0.15) is 30.1 Å². The van der Waals surface area contributed by atoms with Crippen molar-refractivity contribution in [1.29, 1.82) is 0 Å². The lowest BCUT2D eigenvalue weighted by Crippen LogP contribution is -2.40. The van der Waals surface area contributed by atoms with Crippen molar-refractivity contribution in [3.05, 3.63) is 29.8 Å². The van der Waals surface area contributed by atoms with Gasteiger partial charge in [0, 0.05) is 18.2 Å². The average molecular weight is 283 g/mol. The van der Waals surface area contributed by atoms with Gasteiger partial charge in [-0.3, -0.25) is 4.79 Å². The molecule has 0 bridgehead atoms. The molecule has 1 aromatic rings. The largest absolute Gasteiger partial charge is 0.380 e. The topological polar surface area (TPSA) is 72.5 Å². The highest BCUT2D eigenvalue weighted by Crippen LogP contribution is 2.15. The van der Waals surface area contributed by atoms with E-state index in [1.165, 1.54) is 19.1 Å². The van der Waals surface area contributed by atoms with Gasteiger partial charge in [-0.2, -0.15) is 0 Å². The molecule has 0 saturated carbocycles. The van der Waals surface area contributed by atoms with E-state index in [-0.39, 0.29) is 16.7 Å². The van der Waals surface area contributed by atoms with Crippen LogP contribution >= 0.6 is 0 Å². The van der Waals surface area contributed by atoms with Crippen LogP contribution < -0.4 is 4.72 Å². The molecule has 1 aromatic carbocycles. The molecule has 6 heteroatoms. The van der Waals surface area contributed by atoms with Gasteiger partial charge in [-0.15, -0.1) is 0 Å². The van der Waals surface area contributed by atoms with Crippen molar-refractivity contribution in [3.8, 4) is 0 Å². The van der Waals surface area contributed by atoms with Crippen molar-refractivity contribution >= 4 is 15.8 Å². The SMILES string of the molecule is CC(=O)c1cccc(S(=O)(=O)NC2CCCOC2)c1. The van der Waals surface area contributed by atoms with E-state index in [0.29, 0.717) is 18.8 Å². The number of rotatable bonds is 4. The Morgan fingerprint density at radius 2 is 2.21 bits per heavy atom. The number of ether oxygens (including phenoxy) is 1. The molecule has 1 unspecified atom stereocenters. The molecule has 104 valence electrons. The molecule has 1 aliphatic rings. The summed E-state index contributed by atoms with van der Waals surface area (Å²) in [5.74, 6) is -0.155. The first-order valence-electron chi connectivity index (χ1n) is 6.20. The summed E-state index contributed by atoms with van der Waals surface area (Å²) >= 11 is 0. The predicted molar refractivity (Wildman–Crippen MR) is 70.6 cm³/mol. The number of carbonyl (C=O) groups excluding carboxylic acids is 1. The van der Waals surface area contributed by atoms with Gasteiger partial charge in [-0.1, -0.05) is 12.1 Å². The number of carbonyl (C=O) groups is 1. The summed E-state index contributed by atoms with van der Waals surface area (Å²) < 4.78 is 32.3. The molecular weight excluding hydrogens is 266 g/mol. The zero-order valence-electron chi connectivity index (χ0n) is 10.8. The fourth-order valence-electron chi connectivity index (χ4n) is 2.00. The highest BCUT2D eigenvalue weighted by Gasteiger charge is 2.22. The number of ketones is 1. The zero-order chi connectivity index (χ0) is 13.9. The first-order chi connectivity index (χ1) is 8.99. The summed E-state index contributed by atoms with van der Waals surface area (Å²) in [4.78, 5) is 11.4. The van der Waals surface area contributed by atoms with E-state index in [9.17, 15) is 13.2 Å². The van der Waals surface area contributed by atoms with Crippen LogP contribution in [0.2, 0.25) is 0 Å². The predicted octanol–water partition coefficient (Wildman–Crippen LogP) is 1.35. The lowest BCUT2D eigenvalue weighted by atomic mass is 10.1. The molecule has 1 atom stereocenters. The molecule has 2 rings (SSSR count). The molecule has 1 N–H and O–H groups in total. The summed E-state index contributed by atoms with van der Waals surface area (Å²) in [6, 6.07) is 5.86. The van der Waals surface area contributed by atoms with Gasteiger partial charge in [-0.25, -0.2) is 13.1 Å². The monoisotopic (exact) mass is 283 g/mol. The highest BCUT2D eigenvalue weighted by molar-refractivity contribution is 7.89. The second-order valence-corrected chi connectivity index (χ2v) is 6.33. The second-order valence-electron chi connectivity index (χ2n) is 4.62. The number of Topliss-reactive ketones (excluding diaryl/α,β-unsaturated/α-hetero) is 1. The lowest BCUT2D eigenvalue weighted by Gasteiger charge is -2.23. The van der Waals surface area contributed by atoms with Gasteiger partial charge in [0.1, 0.15) is 0 Å². The van der Waals surface area contributed by atoms with E-state index < -0.39 is 10.0 Å². The summed E-state index contributed by atoms with van der Waals surface area (Å²) in [6.07, 6.45) is 1.62. The third-order valence-corrected chi connectivity index (χ3v) is 4.55. The zero-order valence-corrected chi connectivity index (χ0v) is 11.6. The van der Waals surface area contributed by atoms with Gasteiger partial charge in [-0.05, 0) is 31.9 Å². The third kappa shape index (κ3) is 3.62. The Morgan fingerprint density at radius 3 is 2.84 bits per heavy atom. The Hall–Kier alpha value is -1.24. The highest BCUT2D eigenvalue weighted by atomic mass is 32.2. The first kappa shape index (κ1) is 14.2. The average Bonchev–Trinajstić information content (AvgIpc) is 2.39. The summed E-state index contributed by atoms with van der Waals surface area (Å²) in [7, 11) is -3.60. The smallest absolute Gasteiger partial charge is 0.240 e. The Labute approximate surface area is 113 Å². The second kappa shape index (κ2) is 5.81. The Bertz CT molecular complexity index is 562. The minimum absolute atomic E-state index is 0.116. The Kier molecular flexibility index (Phi) is 4.34. The fraction of sp³-hybridized carbons (Fsp3) is 0.462. The summed E-state index contributed by atoms with van der Waals surface area (Å²) in [5.41, 5.74) is 0.391. The number of hydrogen-bond donors (Lipinski definition) is 1. The number of hydrogen-bond acceptors (Lipinski definition) is 4. The first-order valence-corrected chi connectivity index (χ1v) is 7.68. The van der Waals surface area contributed by atoms with Crippen LogP contribution in [-0.4, -0.2) is 33.5 Å². The standard InChI is InChI=1S/C13H17NO4S/c1-10(15)11-4-2-6-13(8-11)19(16,17)14-12-5-3-7-18-9-12/h2,4,6,8,12,14H,3,5,7,9H2,1H3. The van der Waals surface area contributed by atoms with Gasteiger partial charge < -0.3 is 4.74 Å². The van der Waals surface area contributed by atoms with Crippen molar-refractivity contribution in [2.45, 2.75) is 30.7 Å². The van der Waals surface area contributed by atoms with Crippen molar-refractivity contribution in [3.63, 3.8) is 0 Å². The molecule has 5 nitrogen and oxygen atoms in total. The molecule has 1 saturated heterocycles. The number of nitrogens with one attached hydrogen (secondary N) is 1. The fourth-order valence-corrected chi connectivity index (χ4v) is 3.30. The van der Waals surface area contributed by atoms with Gasteiger partial charge in [0.15, 0.2) is 5.78 Å². The maximum Gasteiger partial charge on any atom is 0.240 e. The van der Waals surface area contributed by atoms with Crippen LogP contribution in [0.4, 0.5) is 0 Å². The van der Waals surface area contributed by atoms with Crippen LogP contribution in [0.25, 0.3) is 0 Å². The molecular formula is C13H17NO4S. The molecule has 0 aromatic heterocycles. The summed E-state index contributed by atoms with van der Waals surface area (Å²) in [5, 5.41) is 0. The van der Waals surface area contributed by atoms with Crippen molar-refractivity contribution < 1.29 is 17.9 Å². The van der Waals surface area contributed by atoms with Crippen molar-refractivity contribution in [2.24, 2.45) is 0 Å². The van der Waals surface area contributed by atoms with E-state index in [4.69, 9.17) is 4.74 Å². The normalized spacial score (nSPS) is 20.2. The van der Waals surface area contributed by atoms with Gasteiger partial charge in [0.25, 0.3) is 0 Å². The number of benzene rings is 1. The van der Waals surface area contributed by atoms with Crippen LogP contribution in [-0.2, 0) is 14.8 Å². The molecule has 0 aliphatic carbocycles. The van der Waals surface area contributed by atoms with E-state index >= 15 is 0 Å². The maximum atomic E-state index is 12.2. The van der Waals surface area contributed by atoms with Crippen LogP contribution in [0.3, 0.4) is 0 Å². The molecule has 1 aliphatic heterocycles. The molecule has 0 spiro atoms. The van der Waals surface area contributed by atoms with Gasteiger partial charge >= 0.3 is 0 Å². The van der Waals surface area contributed by atoms with Gasteiger partial charge in [0.2, 0.25) is 10.0 Å². The van der Waals surface area contributed by atoms with Crippen molar-refractivity contribution in [1.82, 2.24) is 4.72 Å². The third-order valence-electron chi connectivity index (χ3n) is 3.03. The van der Waals surface area contributed by atoms with E-state index in [1.807, 2.05) is 0 Å². The van der Waals surface area contributed by atoms with Crippen LogP contribution in [0.15, 0.2) is 29.2 Å². The number of sulfonamides is 1. The Balaban J connectivity index is 2.18. The maximum absolute atomic E-state index is 12.2. The van der Waals surface area contributed by atoms with Crippen LogP contribution in [0.5, 0.6) is 0 Å². The van der Waals surface area contributed by atoms with Crippen LogP contribution in [0, 0.1) is 0 Å². The minimum Gasteiger partial charge on any atom is -0.380 e. The van der Waals surface area contributed by atoms with Gasteiger partial charge in [0.05, 0.1) is 11.5 Å². The molecule has 19 heavy (non-hydrogen) atoms. The molecule has 0 amide bonds. The lowest BCUT2D eigenvalue weighted by molar-refractivity contribution is 0.0774. The summed E-state index contributed by atoms with van der Waals surface area (Å²) in [6.45, 7) is 2.48. The minimum atomic E-state index is -3.60. The molecule has 0 radical (unpaired) electrons. The molecule has 1 heterocycles. The van der Waals surface area contributed by atoms with E-state index in [1.54, 1.807) is 12.1 Å². The Morgan fingerprint density at radius 1 is 1.42 bits per heavy atom. The quantitative estimate of drug-likeness (QED) is 0.847. The van der Waals surface area contributed by atoms with Crippen molar-refractivity contribution in [2.75, 3.05) is 13.2 Å². The van der Waals surface area contributed by atoms with E-state index in [0.717, 1.165) is 12.8 Å². The van der Waals surface area contributed by atoms with E-state index in [2.05, 4.69) is 4.72 Å². The molecule has 1 fully saturated rings.